The Morgan fingerprint density at radius 3 is 2.65 bits per heavy atom. The van der Waals surface area contributed by atoms with Gasteiger partial charge in [-0.15, -0.1) is 0 Å². The van der Waals surface area contributed by atoms with Crippen LogP contribution in [0.3, 0.4) is 0 Å². The maximum Gasteiger partial charge on any atom is 0.407 e. The number of nitrogens with zero attached hydrogens (tertiary/aromatic N) is 4. The van der Waals surface area contributed by atoms with Crippen LogP contribution in [0.2, 0.25) is 0 Å². The van der Waals surface area contributed by atoms with E-state index in [1.807, 2.05) is 17.8 Å². The summed E-state index contributed by atoms with van der Waals surface area (Å²) in [5, 5.41) is 8.83. The lowest BCUT2D eigenvalue weighted by Crippen LogP contribution is -2.48. The molecule has 0 saturated carbocycles. The fourth-order valence-corrected chi connectivity index (χ4v) is 2.03. The summed E-state index contributed by atoms with van der Waals surface area (Å²) in [5.74, 6) is 0. The molecule has 1 aliphatic rings. The van der Waals surface area contributed by atoms with Crippen LogP contribution in [0, 0.1) is 0 Å². The summed E-state index contributed by atoms with van der Waals surface area (Å²) in [6.07, 6.45) is 3.94. The van der Waals surface area contributed by atoms with E-state index >= 15 is 0 Å². The number of hydrogen-bond acceptors (Lipinski definition) is 3. The Morgan fingerprint density at radius 1 is 1.41 bits per heavy atom. The number of piperazine rings is 1. The molecule has 1 aromatic heterocycles. The first-order chi connectivity index (χ1) is 8.15. The van der Waals surface area contributed by atoms with Crippen molar-refractivity contribution in [3.63, 3.8) is 0 Å². The third-order valence-electron chi connectivity index (χ3n) is 3.09. The fourth-order valence-electron chi connectivity index (χ4n) is 2.03. The maximum atomic E-state index is 10.7. The summed E-state index contributed by atoms with van der Waals surface area (Å²) in [6, 6.07) is 0. The minimum Gasteiger partial charge on any atom is -0.465 e. The third-order valence-corrected chi connectivity index (χ3v) is 3.09. The predicted molar refractivity (Wildman–Crippen MR) is 62.9 cm³/mol. The first-order valence-corrected chi connectivity index (χ1v) is 5.82. The van der Waals surface area contributed by atoms with Gasteiger partial charge in [0.15, 0.2) is 0 Å². The smallest absolute Gasteiger partial charge is 0.407 e. The van der Waals surface area contributed by atoms with E-state index in [4.69, 9.17) is 5.11 Å². The highest BCUT2D eigenvalue weighted by atomic mass is 16.4. The largest absolute Gasteiger partial charge is 0.465 e. The van der Waals surface area contributed by atoms with Crippen molar-refractivity contribution in [1.82, 2.24) is 19.4 Å². The summed E-state index contributed by atoms with van der Waals surface area (Å²) in [6.45, 7) is 3.80. The molecule has 0 atom stereocenters. The van der Waals surface area contributed by atoms with Crippen molar-refractivity contribution in [2.75, 3.05) is 32.7 Å². The molecular formula is C11H18N4O2. The van der Waals surface area contributed by atoms with Gasteiger partial charge in [0, 0.05) is 52.4 Å². The number of carboxylic acid groups (broad SMARTS) is 1. The van der Waals surface area contributed by atoms with Crippen LogP contribution >= 0.6 is 0 Å². The van der Waals surface area contributed by atoms with E-state index in [1.54, 1.807) is 6.33 Å². The van der Waals surface area contributed by atoms with Crippen LogP contribution in [-0.4, -0.2) is 63.3 Å². The van der Waals surface area contributed by atoms with Crippen LogP contribution in [0.15, 0.2) is 12.5 Å². The van der Waals surface area contributed by atoms with E-state index < -0.39 is 6.09 Å². The second-order valence-corrected chi connectivity index (χ2v) is 4.39. The lowest BCUT2D eigenvalue weighted by molar-refractivity contribution is 0.106. The monoisotopic (exact) mass is 238 g/mol. The molecule has 1 amide bonds. The van der Waals surface area contributed by atoms with Gasteiger partial charge in [-0.3, -0.25) is 4.90 Å². The van der Waals surface area contributed by atoms with E-state index in [0.29, 0.717) is 13.1 Å². The van der Waals surface area contributed by atoms with Gasteiger partial charge in [0.05, 0.1) is 12.0 Å². The predicted octanol–water partition coefficient (Wildman–Crippen LogP) is 0.258. The van der Waals surface area contributed by atoms with E-state index in [1.165, 1.54) is 4.90 Å². The quantitative estimate of drug-likeness (QED) is 0.820. The van der Waals surface area contributed by atoms with Gasteiger partial charge >= 0.3 is 6.09 Å². The van der Waals surface area contributed by atoms with Crippen LogP contribution < -0.4 is 0 Å². The molecule has 94 valence electrons. The summed E-state index contributed by atoms with van der Waals surface area (Å²) in [5.41, 5.74) is 1.09. The fraction of sp³-hybridized carbons (Fsp3) is 0.636. The van der Waals surface area contributed by atoms with Gasteiger partial charge in [0.1, 0.15) is 0 Å². The number of rotatable bonds is 3. The first-order valence-electron chi connectivity index (χ1n) is 5.82. The number of carbonyl (C=O) groups is 1. The molecule has 1 saturated heterocycles. The molecule has 1 fully saturated rings. The standard InChI is InChI=1S/C11H18N4O2/c1-13-8-10(12-9-13)2-3-14-4-6-15(7-5-14)11(16)17/h8-9H,2-7H2,1H3,(H,16,17). The number of hydrogen-bond donors (Lipinski definition) is 1. The zero-order valence-corrected chi connectivity index (χ0v) is 10.0. The zero-order chi connectivity index (χ0) is 12.3. The molecule has 0 spiro atoms. The van der Waals surface area contributed by atoms with Crippen molar-refractivity contribution in [1.29, 1.82) is 0 Å². The van der Waals surface area contributed by atoms with Crippen molar-refractivity contribution in [3.05, 3.63) is 18.2 Å². The van der Waals surface area contributed by atoms with E-state index in [2.05, 4.69) is 9.88 Å². The minimum absolute atomic E-state index is 0.609. The normalized spacial score (nSPS) is 17.4. The Balaban J connectivity index is 1.73. The highest BCUT2D eigenvalue weighted by Crippen LogP contribution is 2.04. The molecule has 6 nitrogen and oxygen atoms in total. The number of imidazole rings is 1. The van der Waals surface area contributed by atoms with Gasteiger partial charge in [-0.1, -0.05) is 0 Å². The van der Waals surface area contributed by atoms with Crippen molar-refractivity contribution < 1.29 is 9.90 Å². The van der Waals surface area contributed by atoms with Crippen LogP contribution in [0.5, 0.6) is 0 Å². The van der Waals surface area contributed by atoms with Gasteiger partial charge in [-0.05, 0) is 0 Å². The van der Waals surface area contributed by atoms with Gasteiger partial charge in [0.25, 0.3) is 0 Å². The Morgan fingerprint density at radius 2 is 2.12 bits per heavy atom. The number of aromatic nitrogens is 2. The molecule has 2 rings (SSSR count). The Kier molecular flexibility index (Phi) is 3.63. The molecule has 1 aliphatic heterocycles. The second-order valence-electron chi connectivity index (χ2n) is 4.39. The topological polar surface area (TPSA) is 61.6 Å². The molecule has 0 radical (unpaired) electrons. The molecular weight excluding hydrogens is 220 g/mol. The average molecular weight is 238 g/mol. The molecule has 1 N–H and O–H groups in total. The molecule has 6 heteroatoms. The number of amides is 1. The van der Waals surface area contributed by atoms with E-state index in [9.17, 15) is 4.79 Å². The summed E-state index contributed by atoms with van der Waals surface area (Å²) in [4.78, 5) is 18.8. The van der Waals surface area contributed by atoms with Crippen LogP contribution in [0.4, 0.5) is 4.79 Å². The van der Waals surface area contributed by atoms with Crippen molar-refractivity contribution >= 4 is 6.09 Å². The minimum atomic E-state index is -0.811. The van der Waals surface area contributed by atoms with Crippen LogP contribution in [0.25, 0.3) is 0 Å². The molecule has 0 aliphatic carbocycles. The van der Waals surface area contributed by atoms with Crippen molar-refractivity contribution in [2.24, 2.45) is 7.05 Å². The lowest BCUT2D eigenvalue weighted by Gasteiger charge is -2.32. The average Bonchev–Trinajstić information content (AvgIpc) is 2.73. The van der Waals surface area contributed by atoms with Gasteiger partial charge < -0.3 is 14.6 Å². The van der Waals surface area contributed by atoms with Gasteiger partial charge in [-0.2, -0.15) is 0 Å². The Bertz CT molecular complexity index is 383. The zero-order valence-electron chi connectivity index (χ0n) is 10.0. The molecule has 17 heavy (non-hydrogen) atoms. The molecule has 1 aromatic rings. The molecule has 0 bridgehead atoms. The third kappa shape index (κ3) is 3.20. The SMILES string of the molecule is Cn1cnc(CCN2CCN(C(=O)O)CC2)c1. The van der Waals surface area contributed by atoms with Gasteiger partial charge in [-0.25, -0.2) is 9.78 Å². The molecule has 2 heterocycles. The Labute approximate surface area is 100 Å². The van der Waals surface area contributed by atoms with Crippen molar-refractivity contribution in [2.45, 2.75) is 6.42 Å². The highest BCUT2D eigenvalue weighted by Gasteiger charge is 2.19. The number of aryl methyl sites for hydroxylation is 1. The van der Waals surface area contributed by atoms with E-state index in [0.717, 1.165) is 31.7 Å². The maximum absolute atomic E-state index is 10.7. The lowest BCUT2D eigenvalue weighted by atomic mass is 10.2. The second kappa shape index (κ2) is 5.18. The van der Waals surface area contributed by atoms with Crippen LogP contribution in [-0.2, 0) is 13.5 Å². The highest BCUT2D eigenvalue weighted by molar-refractivity contribution is 5.65. The first kappa shape index (κ1) is 11.9. The Hall–Kier alpha value is -1.56. The summed E-state index contributed by atoms with van der Waals surface area (Å²) >= 11 is 0. The van der Waals surface area contributed by atoms with E-state index in [-0.39, 0.29) is 0 Å². The molecule has 0 aromatic carbocycles. The van der Waals surface area contributed by atoms with Crippen LogP contribution in [0.1, 0.15) is 5.69 Å². The molecule has 0 unspecified atom stereocenters. The summed E-state index contributed by atoms with van der Waals surface area (Å²) in [7, 11) is 1.96. The van der Waals surface area contributed by atoms with Gasteiger partial charge in [0.2, 0.25) is 0 Å². The van der Waals surface area contributed by atoms with Crippen molar-refractivity contribution in [3.8, 4) is 0 Å². The summed E-state index contributed by atoms with van der Waals surface area (Å²) < 4.78 is 1.94.